The first-order chi connectivity index (χ1) is 20.1. The van der Waals surface area contributed by atoms with E-state index in [4.69, 9.17) is 15.2 Å². The highest BCUT2D eigenvalue weighted by atomic mass is 16.5. The van der Waals surface area contributed by atoms with E-state index in [2.05, 4.69) is 30.9 Å². The van der Waals surface area contributed by atoms with Crippen molar-refractivity contribution in [2.75, 3.05) is 19.4 Å². The molecule has 1 aromatic carbocycles. The second-order valence-electron chi connectivity index (χ2n) is 10.0. The SMILES string of the molecule is CCC(NC(=O)C(CC(C)C)NC(=O)OCc1ccccc1)C(=O)C(=O)NCCCn1cnc2c(N)nc(OC)nc21. The van der Waals surface area contributed by atoms with Crippen LogP contribution in [0.25, 0.3) is 11.2 Å². The van der Waals surface area contributed by atoms with Crippen molar-refractivity contribution < 1.29 is 28.7 Å². The average molecular weight is 583 g/mol. The number of nitrogen functional groups attached to an aromatic ring is 1. The van der Waals surface area contributed by atoms with Crippen molar-refractivity contribution in [2.45, 2.75) is 65.3 Å². The van der Waals surface area contributed by atoms with Gasteiger partial charge >= 0.3 is 12.1 Å². The largest absolute Gasteiger partial charge is 0.467 e. The molecule has 0 aliphatic rings. The predicted octanol–water partition coefficient (Wildman–Crippen LogP) is 1.73. The minimum Gasteiger partial charge on any atom is -0.467 e. The number of nitrogens with one attached hydrogen (secondary N) is 3. The number of anilines is 1. The number of ether oxygens (including phenoxy) is 2. The molecule has 5 N–H and O–H groups in total. The molecule has 0 saturated carbocycles. The Kier molecular flexibility index (Phi) is 11.6. The first-order valence-corrected chi connectivity index (χ1v) is 13.7. The van der Waals surface area contributed by atoms with Crippen molar-refractivity contribution in [3.8, 4) is 6.01 Å². The molecule has 42 heavy (non-hydrogen) atoms. The van der Waals surface area contributed by atoms with Gasteiger partial charge in [0.25, 0.3) is 5.91 Å². The average Bonchev–Trinajstić information content (AvgIpc) is 3.39. The zero-order valence-corrected chi connectivity index (χ0v) is 24.3. The lowest BCUT2D eigenvalue weighted by atomic mass is 10.0. The van der Waals surface area contributed by atoms with E-state index in [1.165, 1.54) is 7.11 Å². The number of carbonyl (C=O) groups excluding carboxylic acids is 4. The van der Waals surface area contributed by atoms with Gasteiger partial charge in [-0.25, -0.2) is 9.78 Å². The lowest BCUT2D eigenvalue weighted by Gasteiger charge is -2.23. The third kappa shape index (κ3) is 8.88. The van der Waals surface area contributed by atoms with E-state index in [0.29, 0.717) is 30.6 Å². The van der Waals surface area contributed by atoms with E-state index in [-0.39, 0.29) is 37.3 Å². The van der Waals surface area contributed by atoms with Gasteiger partial charge in [-0.05, 0) is 30.7 Å². The van der Waals surface area contributed by atoms with Gasteiger partial charge in [0.1, 0.15) is 18.2 Å². The Bertz CT molecular complexity index is 1380. The minimum absolute atomic E-state index is 0.0476. The molecule has 0 bridgehead atoms. The molecule has 0 radical (unpaired) electrons. The molecule has 3 aromatic rings. The molecule has 2 unspecified atom stereocenters. The van der Waals surface area contributed by atoms with Gasteiger partial charge in [0.05, 0.1) is 19.5 Å². The normalized spacial score (nSPS) is 12.4. The fourth-order valence-electron chi connectivity index (χ4n) is 4.13. The van der Waals surface area contributed by atoms with Crippen LogP contribution in [0.2, 0.25) is 0 Å². The zero-order valence-electron chi connectivity index (χ0n) is 24.3. The summed E-state index contributed by atoms with van der Waals surface area (Å²) in [6, 6.07) is 7.25. The first kappa shape index (κ1) is 31.8. The van der Waals surface area contributed by atoms with Crippen LogP contribution in [0.1, 0.15) is 45.6 Å². The quantitative estimate of drug-likeness (QED) is 0.151. The standard InChI is InChI=1S/C28H38N8O6/c1-5-19(32-25(38)20(14-17(2)3)33-28(40)42-15-18-10-7-6-8-11-18)22(37)26(39)30-12-9-13-36-16-31-21-23(29)34-27(41-4)35-24(21)36/h6-8,10-11,16-17,19-20H,5,9,12-15H2,1-4H3,(H,30,39)(H,32,38)(H,33,40)(H2,29,34,35). The second-order valence-corrected chi connectivity index (χ2v) is 10.0. The highest BCUT2D eigenvalue weighted by Gasteiger charge is 2.29. The number of nitrogens with zero attached hydrogens (tertiary/aromatic N) is 4. The van der Waals surface area contributed by atoms with E-state index in [1.54, 1.807) is 17.8 Å². The fraction of sp³-hybridized carbons (Fsp3) is 0.464. The van der Waals surface area contributed by atoms with Crippen molar-refractivity contribution in [3.63, 3.8) is 0 Å². The zero-order chi connectivity index (χ0) is 30.6. The summed E-state index contributed by atoms with van der Waals surface area (Å²) in [5.41, 5.74) is 7.62. The lowest BCUT2D eigenvalue weighted by Crippen LogP contribution is -2.54. The molecule has 0 spiro atoms. The van der Waals surface area contributed by atoms with Crippen molar-refractivity contribution in [2.24, 2.45) is 5.92 Å². The molecule has 14 nitrogen and oxygen atoms in total. The van der Waals surface area contributed by atoms with E-state index < -0.39 is 35.8 Å². The molecule has 3 rings (SSSR count). The number of Topliss-reactive ketones (excluding diaryl/α,β-unsaturated/α-hetero) is 1. The summed E-state index contributed by atoms with van der Waals surface area (Å²) in [7, 11) is 1.43. The highest BCUT2D eigenvalue weighted by molar-refractivity contribution is 6.38. The number of benzene rings is 1. The molecular formula is C28H38N8O6. The lowest BCUT2D eigenvalue weighted by molar-refractivity contribution is -0.140. The number of rotatable bonds is 15. The number of hydrogen-bond donors (Lipinski definition) is 4. The summed E-state index contributed by atoms with van der Waals surface area (Å²) in [6.45, 7) is 6.15. The molecule has 0 aliphatic heterocycles. The number of nitrogens with two attached hydrogens (primary N) is 1. The number of imidazole rings is 1. The summed E-state index contributed by atoms with van der Waals surface area (Å²) in [5.74, 6) is -1.92. The van der Waals surface area contributed by atoms with Crippen molar-refractivity contribution >= 4 is 40.7 Å². The van der Waals surface area contributed by atoms with Crippen molar-refractivity contribution in [1.82, 2.24) is 35.5 Å². The van der Waals surface area contributed by atoms with Gasteiger partial charge in [-0.2, -0.15) is 9.97 Å². The van der Waals surface area contributed by atoms with Crippen LogP contribution in [-0.4, -0.2) is 68.9 Å². The first-order valence-electron chi connectivity index (χ1n) is 13.7. The Hall–Kier alpha value is -4.75. The van der Waals surface area contributed by atoms with Crippen LogP contribution in [0.4, 0.5) is 10.6 Å². The molecular weight excluding hydrogens is 544 g/mol. The Morgan fingerprint density at radius 1 is 1.05 bits per heavy atom. The maximum absolute atomic E-state index is 13.1. The van der Waals surface area contributed by atoms with Gasteiger partial charge in [-0.15, -0.1) is 0 Å². The Balaban J connectivity index is 1.50. The summed E-state index contributed by atoms with van der Waals surface area (Å²) < 4.78 is 12.0. The molecule has 2 heterocycles. The van der Waals surface area contributed by atoms with Crippen LogP contribution >= 0.6 is 0 Å². The van der Waals surface area contributed by atoms with Gasteiger partial charge in [0, 0.05) is 13.1 Å². The van der Waals surface area contributed by atoms with Gasteiger partial charge in [0.2, 0.25) is 11.7 Å². The second kappa shape index (κ2) is 15.3. The summed E-state index contributed by atoms with van der Waals surface area (Å²) in [4.78, 5) is 63.4. The third-order valence-electron chi connectivity index (χ3n) is 6.31. The number of fused-ring (bicyclic) bond motifs is 1. The number of methoxy groups -OCH3 is 1. The van der Waals surface area contributed by atoms with Crippen LogP contribution in [0.15, 0.2) is 36.7 Å². The van der Waals surface area contributed by atoms with Crippen LogP contribution in [0, 0.1) is 5.92 Å². The third-order valence-corrected chi connectivity index (χ3v) is 6.31. The smallest absolute Gasteiger partial charge is 0.408 e. The molecule has 14 heteroatoms. The van der Waals surface area contributed by atoms with E-state index in [1.807, 2.05) is 44.2 Å². The maximum Gasteiger partial charge on any atom is 0.408 e. The Morgan fingerprint density at radius 2 is 1.79 bits per heavy atom. The number of carbonyl (C=O) groups is 4. The van der Waals surface area contributed by atoms with Gasteiger partial charge in [-0.1, -0.05) is 51.1 Å². The summed E-state index contributed by atoms with van der Waals surface area (Å²) in [5, 5.41) is 7.78. The number of alkyl carbamates (subject to hydrolysis) is 1. The molecule has 226 valence electrons. The Labute approximate surface area is 243 Å². The topological polar surface area (TPSA) is 192 Å². The van der Waals surface area contributed by atoms with Gasteiger partial charge in [-0.3, -0.25) is 14.4 Å². The van der Waals surface area contributed by atoms with Gasteiger partial charge in [0.15, 0.2) is 11.5 Å². The van der Waals surface area contributed by atoms with E-state index in [9.17, 15) is 19.2 Å². The van der Waals surface area contributed by atoms with Gasteiger partial charge < -0.3 is 35.7 Å². The minimum atomic E-state index is -1.06. The molecule has 3 amide bonds. The number of aryl methyl sites for hydroxylation is 1. The molecule has 0 saturated heterocycles. The predicted molar refractivity (Wildman–Crippen MR) is 154 cm³/mol. The van der Waals surface area contributed by atoms with Crippen LogP contribution < -0.4 is 26.4 Å². The van der Waals surface area contributed by atoms with Crippen LogP contribution in [0.5, 0.6) is 6.01 Å². The molecule has 0 fully saturated rings. The maximum atomic E-state index is 13.1. The monoisotopic (exact) mass is 582 g/mol. The number of hydrogen-bond acceptors (Lipinski definition) is 10. The summed E-state index contributed by atoms with van der Waals surface area (Å²) in [6.07, 6.45) is 1.77. The Morgan fingerprint density at radius 3 is 2.45 bits per heavy atom. The van der Waals surface area contributed by atoms with Crippen molar-refractivity contribution in [3.05, 3.63) is 42.2 Å². The van der Waals surface area contributed by atoms with Crippen LogP contribution in [-0.2, 0) is 32.3 Å². The molecule has 0 aliphatic carbocycles. The molecule has 2 atom stereocenters. The highest BCUT2D eigenvalue weighted by Crippen LogP contribution is 2.19. The van der Waals surface area contributed by atoms with Crippen molar-refractivity contribution in [1.29, 1.82) is 0 Å². The van der Waals surface area contributed by atoms with E-state index >= 15 is 0 Å². The van der Waals surface area contributed by atoms with Crippen LogP contribution in [0.3, 0.4) is 0 Å². The molecule has 2 aromatic heterocycles. The summed E-state index contributed by atoms with van der Waals surface area (Å²) >= 11 is 0. The van der Waals surface area contributed by atoms with E-state index in [0.717, 1.165) is 5.56 Å². The number of aromatic nitrogens is 4. The fourth-order valence-corrected chi connectivity index (χ4v) is 4.13. The number of ketones is 1. The number of amides is 3.